The Morgan fingerprint density at radius 1 is 1.44 bits per heavy atom. The first kappa shape index (κ1) is 13.3. The summed E-state index contributed by atoms with van der Waals surface area (Å²) in [6, 6.07) is -0.901. The first-order valence-corrected chi connectivity index (χ1v) is 6.23. The minimum atomic E-state index is -1.06. The lowest BCUT2D eigenvalue weighted by Crippen LogP contribution is -2.48. The van der Waals surface area contributed by atoms with E-state index in [1.807, 2.05) is 0 Å². The topological polar surface area (TPSA) is 87.1 Å². The van der Waals surface area contributed by atoms with Gasteiger partial charge in [0.15, 0.2) is 0 Å². The molecule has 0 aromatic carbocycles. The SMILES string of the molecule is COC1(CC(=O)N2C[C@@H](O)C[C@H]2C(=O)O)CCC1. The second kappa shape index (κ2) is 4.85. The third kappa shape index (κ3) is 2.35. The summed E-state index contributed by atoms with van der Waals surface area (Å²) in [5, 5.41) is 18.5. The monoisotopic (exact) mass is 257 g/mol. The molecule has 2 rings (SSSR count). The number of aliphatic carboxylic acids is 1. The number of hydrogen-bond acceptors (Lipinski definition) is 4. The summed E-state index contributed by atoms with van der Waals surface area (Å²) in [4.78, 5) is 24.5. The molecule has 0 unspecified atom stereocenters. The highest BCUT2D eigenvalue weighted by Crippen LogP contribution is 2.39. The van der Waals surface area contributed by atoms with Crippen molar-refractivity contribution in [2.45, 2.75) is 49.9 Å². The average molecular weight is 257 g/mol. The van der Waals surface area contributed by atoms with Crippen LogP contribution >= 0.6 is 0 Å². The molecule has 1 aliphatic carbocycles. The normalized spacial score (nSPS) is 30.0. The molecule has 1 saturated carbocycles. The first-order chi connectivity index (χ1) is 8.47. The van der Waals surface area contributed by atoms with Crippen molar-refractivity contribution in [3.05, 3.63) is 0 Å². The number of β-amino-alcohol motifs (C(OH)–C–C–N with tert-alkyl or cyclic N) is 1. The van der Waals surface area contributed by atoms with Crippen molar-refractivity contribution in [2.24, 2.45) is 0 Å². The lowest BCUT2D eigenvalue weighted by Gasteiger charge is -2.41. The number of carboxylic acids is 1. The third-order valence-corrected chi connectivity index (χ3v) is 4.06. The summed E-state index contributed by atoms with van der Waals surface area (Å²) in [6.45, 7) is 0.107. The number of aliphatic hydroxyl groups is 1. The van der Waals surface area contributed by atoms with Gasteiger partial charge in [-0.2, -0.15) is 0 Å². The number of likely N-dealkylation sites (tertiary alicyclic amines) is 1. The number of carbonyl (C=O) groups excluding carboxylic acids is 1. The Morgan fingerprint density at radius 2 is 2.11 bits per heavy atom. The van der Waals surface area contributed by atoms with Gasteiger partial charge in [-0.15, -0.1) is 0 Å². The van der Waals surface area contributed by atoms with E-state index in [-0.39, 0.29) is 25.3 Å². The van der Waals surface area contributed by atoms with E-state index in [1.54, 1.807) is 7.11 Å². The fourth-order valence-electron chi connectivity index (χ4n) is 2.72. The number of aliphatic hydroxyl groups excluding tert-OH is 1. The van der Waals surface area contributed by atoms with Crippen molar-refractivity contribution >= 4 is 11.9 Å². The molecular weight excluding hydrogens is 238 g/mol. The van der Waals surface area contributed by atoms with Gasteiger partial charge < -0.3 is 19.8 Å². The van der Waals surface area contributed by atoms with E-state index in [0.29, 0.717) is 0 Å². The van der Waals surface area contributed by atoms with Crippen LogP contribution in [0.15, 0.2) is 0 Å². The maximum Gasteiger partial charge on any atom is 0.326 e. The van der Waals surface area contributed by atoms with Crippen LogP contribution in [-0.2, 0) is 14.3 Å². The van der Waals surface area contributed by atoms with E-state index in [2.05, 4.69) is 0 Å². The van der Waals surface area contributed by atoms with Crippen LogP contribution in [-0.4, -0.2) is 58.4 Å². The Balaban J connectivity index is 2.01. The predicted molar refractivity (Wildman–Crippen MR) is 62.0 cm³/mol. The van der Waals surface area contributed by atoms with Crippen LogP contribution in [0, 0.1) is 0 Å². The second-order valence-corrected chi connectivity index (χ2v) is 5.21. The Labute approximate surface area is 106 Å². The van der Waals surface area contributed by atoms with Crippen LogP contribution in [0.1, 0.15) is 32.1 Å². The highest BCUT2D eigenvalue weighted by atomic mass is 16.5. The number of carbonyl (C=O) groups is 2. The van der Waals surface area contributed by atoms with Gasteiger partial charge in [0, 0.05) is 20.1 Å². The molecule has 0 radical (unpaired) electrons. The van der Waals surface area contributed by atoms with Gasteiger partial charge in [0.25, 0.3) is 0 Å². The van der Waals surface area contributed by atoms with E-state index in [0.717, 1.165) is 19.3 Å². The number of carboxylic acid groups (broad SMARTS) is 1. The van der Waals surface area contributed by atoms with Crippen LogP contribution in [0.2, 0.25) is 0 Å². The Kier molecular flexibility index (Phi) is 3.59. The van der Waals surface area contributed by atoms with Gasteiger partial charge in [0.2, 0.25) is 5.91 Å². The molecule has 1 saturated heterocycles. The minimum absolute atomic E-state index is 0.107. The lowest BCUT2D eigenvalue weighted by molar-refractivity contribution is -0.153. The van der Waals surface area contributed by atoms with Crippen LogP contribution in [0.5, 0.6) is 0 Å². The summed E-state index contributed by atoms with van der Waals surface area (Å²) in [6.07, 6.45) is 2.29. The number of amides is 1. The number of nitrogens with zero attached hydrogens (tertiary/aromatic N) is 1. The van der Waals surface area contributed by atoms with E-state index in [1.165, 1.54) is 4.90 Å². The van der Waals surface area contributed by atoms with Crippen molar-refractivity contribution in [3.63, 3.8) is 0 Å². The van der Waals surface area contributed by atoms with Crippen molar-refractivity contribution in [1.82, 2.24) is 4.90 Å². The molecule has 2 N–H and O–H groups in total. The zero-order valence-electron chi connectivity index (χ0n) is 10.5. The fourth-order valence-corrected chi connectivity index (χ4v) is 2.72. The molecule has 0 aromatic rings. The number of ether oxygens (including phenoxy) is 1. The van der Waals surface area contributed by atoms with Crippen molar-refractivity contribution in [2.75, 3.05) is 13.7 Å². The molecule has 1 heterocycles. The third-order valence-electron chi connectivity index (χ3n) is 4.06. The summed E-state index contributed by atoms with van der Waals surface area (Å²) < 4.78 is 5.37. The van der Waals surface area contributed by atoms with Gasteiger partial charge in [-0.1, -0.05) is 0 Å². The smallest absolute Gasteiger partial charge is 0.326 e. The van der Waals surface area contributed by atoms with Crippen LogP contribution < -0.4 is 0 Å². The maximum absolute atomic E-state index is 12.1. The molecular formula is C12H19NO5. The number of methoxy groups -OCH3 is 1. The van der Waals surface area contributed by atoms with Crippen molar-refractivity contribution in [1.29, 1.82) is 0 Å². The van der Waals surface area contributed by atoms with Gasteiger partial charge in [0.1, 0.15) is 6.04 Å². The fraction of sp³-hybridized carbons (Fsp3) is 0.833. The summed E-state index contributed by atoms with van der Waals surface area (Å²) in [5.41, 5.74) is -0.409. The molecule has 0 spiro atoms. The van der Waals surface area contributed by atoms with Gasteiger partial charge in [-0.25, -0.2) is 4.79 Å². The summed E-state index contributed by atoms with van der Waals surface area (Å²) in [7, 11) is 1.58. The van der Waals surface area contributed by atoms with Crippen LogP contribution in [0.3, 0.4) is 0 Å². The highest BCUT2D eigenvalue weighted by Gasteiger charge is 2.44. The molecule has 2 atom stereocenters. The zero-order valence-corrected chi connectivity index (χ0v) is 10.5. The first-order valence-electron chi connectivity index (χ1n) is 6.23. The predicted octanol–water partition coefficient (Wildman–Crippen LogP) is -0.00800. The molecule has 2 aliphatic rings. The molecule has 6 nitrogen and oxygen atoms in total. The molecule has 1 amide bonds. The summed E-state index contributed by atoms with van der Waals surface area (Å²) >= 11 is 0. The van der Waals surface area contributed by atoms with E-state index < -0.39 is 23.7 Å². The van der Waals surface area contributed by atoms with Crippen molar-refractivity contribution < 1.29 is 24.5 Å². The summed E-state index contributed by atoms with van der Waals surface area (Å²) in [5.74, 6) is -1.29. The maximum atomic E-state index is 12.1. The molecule has 2 fully saturated rings. The average Bonchev–Trinajstić information content (AvgIpc) is 2.66. The molecule has 102 valence electrons. The van der Waals surface area contributed by atoms with Crippen LogP contribution in [0.4, 0.5) is 0 Å². The number of hydrogen-bond donors (Lipinski definition) is 2. The van der Waals surface area contributed by atoms with E-state index in [4.69, 9.17) is 9.84 Å². The lowest BCUT2D eigenvalue weighted by atomic mass is 9.77. The van der Waals surface area contributed by atoms with Gasteiger partial charge in [-0.05, 0) is 19.3 Å². The quantitative estimate of drug-likeness (QED) is 0.739. The standard InChI is InChI=1S/C12H19NO5/c1-18-12(3-2-4-12)6-10(15)13-7-8(14)5-9(13)11(16)17/h8-9,14H,2-7H2,1H3,(H,16,17)/t8-,9-/m0/s1. The zero-order chi connectivity index (χ0) is 13.3. The highest BCUT2D eigenvalue weighted by molar-refractivity contribution is 5.85. The van der Waals surface area contributed by atoms with Gasteiger partial charge >= 0.3 is 5.97 Å². The molecule has 0 bridgehead atoms. The second-order valence-electron chi connectivity index (χ2n) is 5.21. The van der Waals surface area contributed by atoms with E-state index in [9.17, 15) is 14.7 Å². The van der Waals surface area contributed by atoms with Crippen molar-refractivity contribution in [3.8, 4) is 0 Å². The van der Waals surface area contributed by atoms with Crippen LogP contribution in [0.25, 0.3) is 0 Å². The number of rotatable bonds is 4. The Bertz CT molecular complexity index is 347. The van der Waals surface area contributed by atoms with E-state index >= 15 is 0 Å². The minimum Gasteiger partial charge on any atom is -0.480 e. The molecule has 0 aromatic heterocycles. The molecule has 1 aliphatic heterocycles. The molecule has 6 heteroatoms. The Hall–Kier alpha value is -1.14. The largest absolute Gasteiger partial charge is 0.480 e. The van der Waals surface area contributed by atoms with Gasteiger partial charge in [-0.3, -0.25) is 4.79 Å². The van der Waals surface area contributed by atoms with Gasteiger partial charge in [0.05, 0.1) is 18.1 Å². The molecule has 18 heavy (non-hydrogen) atoms. The Morgan fingerprint density at radius 3 is 2.56 bits per heavy atom.